The number of anilines is 6. The highest BCUT2D eigenvalue weighted by atomic mass is 32.2. The molecule has 0 amide bonds. The Bertz CT molecular complexity index is 2630. The molecule has 8 aromatic rings. The first-order valence-electron chi connectivity index (χ1n) is 20.2. The van der Waals surface area contributed by atoms with E-state index in [2.05, 4.69) is 221 Å². The van der Waals surface area contributed by atoms with Crippen molar-refractivity contribution in [3.63, 3.8) is 0 Å². The van der Waals surface area contributed by atoms with E-state index in [-0.39, 0.29) is 10.8 Å². The quantitative estimate of drug-likeness (QED) is 0.166. The second-order valence-corrected chi connectivity index (χ2v) is 19.6. The van der Waals surface area contributed by atoms with Gasteiger partial charge < -0.3 is 9.80 Å². The molecular formula is C54H46N2S2. The summed E-state index contributed by atoms with van der Waals surface area (Å²) in [6.45, 7) is 13.6. The zero-order chi connectivity index (χ0) is 39.8. The Morgan fingerprint density at radius 2 is 0.638 bits per heavy atom. The molecule has 2 nitrogen and oxygen atoms in total. The summed E-state index contributed by atoms with van der Waals surface area (Å²) in [5.41, 5.74) is 15.0. The van der Waals surface area contributed by atoms with Gasteiger partial charge in [0.15, 0.2) is 0 Å². The Labute approximate surface area is 351 Å². The molecule has 2 aliphatic rings. The van der Waals surface area contributed by atoms with Crippen molar-refractivity contribution in [1.29, 1.82) is 0 Å². The Kier molecular flexibility index (Phi) is 8.85. The molecule has 2 heterocycles. The van der Waals surface area contributed by atoms with Gasteiger partial charge in [-0.1, -0.05) is 150 Å². The summed E-state index contributed by atoms with van der Waals surface area (Å²) >= 11 is 3.79. The van der Waals surface area contributed by atoms with Gasteiger partial charge in [0.05, 0.1) is 0 Å². The summed E-state index contributed by atoms with van der Waals surface area (Å²) in [6, 6.07) is 63.1. The molecule has 0 aromatic heterocycles. The standard InChI is InChI=1S/C54H46N2S2/c1-53(2,3)35-17-21-39(22-18-35)55(37-13-9-7-10-14-37)41-25-27-43-45-29-30-46-44-28-26-42(34-50(44)58-48-32-31-47(51(45)52(46)48)57-49(43)33-41)56(38-15-11-8-12-16-38)40-23-19-36(20-24-40)54(4,5)6/h7-34H,1-6H3. The maximum Gasteiger partial charge on any atom is 0.0473 e. The topological polar surface area (TPSA) is 6.48 Å². The Balaban J connectivity index is 1.04. The van der Waals surface area contributed by atoms with Crippen LogP contribution in [-0.2, 0) is 10.8 Å². The minimum atomic E-state index is 0.0969. The summed E-state index contributed by atoms with van der Waals surface area (Å²) in [5, 5.41) is 2.73. The van der Waals surface area contributed by atoms with Crippen LogP contribution in [0.15, 0.2) is 189 Å². The molecule has 0 saturated carbocycles. The zero-order valence-corrected chi connectivity index (χ0v) is 35.5. The molecule has 58 heavy (non-hydrogen) atoms. The van der Waals surface area contributed by atoms with Crippen LogP contribution in [0.1, 0.15) is 52.7 Å². The molecule has 0 radical (unpaired) electrons. The molecule has 10 rings (SSSR count). The molecule has 0 saturated heterocycles. The summed E-state index contributed by atoms with van der Waals surface area (Å²) in [6.07, 6.45) is 0. The molecule has 2 aliphatic heterocycles. The average molecular weight is 787 g/mol. The largest absolute Gasteiger partial charge is 0.310 e. The van der Waals surface area contributed by atoms with E-state index in [1.54, 1.807) is 0 Å². The molecule has 0 fully saturated rings. The zero-order valence-electron chi connectivity index (χ0n) is 33.9. The Hall–Kier alpha value is -5.68. The number of rotatable bonds is 6. The van der Waals surface area contributed by atoms with Gasteiger partial charge in [-0.2, -0.15) is 0 Å². The predicted octanol–water partition coefficient (Wildman–Crippen LogP) is 16.6. The van der Waals surface area contributed by atoms with Crippen LogP contribution in [0.5, 0.6) is 0 Å². The van der Waals surface area contributed by atoms with Gasteiger partial charge in [-0.15, -0.1) is 0 Å². The van der Waals surface area contributed by atoms with Crippen LogP contribution < -0.4 is 9.80 Å². The van der Waals surface area contributed by atoms with Gasteiger partial charge in [0.1, 0.15) is 0 Å². The second-order valence-electron chi connectivity index (χ2n) is 17.5. The van der Waals surface area contributed by atoms with E-state index in [1.807, 2.05) is 23.5 Å². The molecule has 0 N–H and O–H groups in total. The molecule has 8 aromatic carbocycles. The van der Waals surface area contributed by atoms with Crippen molar-refractivity contribution in [3.05, 3.63) is 181 Å². The lowest BCUT2D eigenvalue weighted by Crippen LogP contribution is -2.13. The Morgan fingerprint density at radius 1 is 0.310 bits per heavy atom. The van der Waals surface area contributed by atoms with Gasteiger partial charge in [-0.25, -0.2) is 0 Å². The number of fused-ring (bicyclic) bond motifs is 4. The number of hydrogen-bond donors (Lipinski definition) is 0. The third-order valence-corrected chi connectivity index (χ3v) is 13.8. The van der Waals surface area contributed by atoms with Crippen LogP contribution in [0.3, 0.4) is 0 Å². The highest BCUT2D eigenvalue weighted by molar-refractivity contribution is 8.00. The summed E-state index contributed by atoms with van der Waals surface area (Å²) in [7, 11) is 0. The summed E-state index contributed by atoms with van der Waals surface area (Å²) < 4.78 is 0. The van der Waals surface area contributed by atoms with Gasteiger partial charge in [0, 0.05) is 64.5 Å². The number of benzene rings is 8. The van der Waals surface area contributed by atoms with Crippen LogP contribution in [0.4, 0.5) is 34.1 Å². The van der Waals surface area contributed by atoms with Crippen LogP contribution >= 0.6 is 23.5 Å². The minimum Gasteiger partial charge on any atom is -0.310 e. The van der Waals surface area contributed by atoms with Gasteiger partial charge >= 0.3 is 0 Å². The van der Waals surface area contributed by atoms with E-state index in [4.69, 9.17) is 0 Å². The van der Waals surface area contributed by atoms with E-state index in [9.17, 15) is 0 Å². The smallest absolute Gasteiger partial charge is 0.0473 e. The summed E-state index contributed by atoms with van der Waals surface area (Å²) in [4.78, 5) is 9.96. The first kappa shape index (κ1) is 36.6. The van der Waals surface area contributed by atoms with Crippen molar-refractivity contribution in [3.8, 4) is 22.3 Å². The SMILES string of the molecule is CC(C)(C)c1ccc(N(c2ccccc2)c2ccc3c(c2)Sc2ccc4c5c(ccc-3c25)-c2ccc(N(c3ccccc3)c3ccc(C(C)(C)C)cc3)cc2S4)cc1. The highest BCUT2D eigenvalue weighted by Crippen LogP contribution is 2.57. The van der Waals surface area contributed by atoms with Crippen molar-refractivity contribution in [2.45, 2.75) is 72.0 Å². The first-order chi connectivity index (χ1) is 28.0. The van der Waals surface area contributed by atoms with E-state index >= 15 is 0 Å². The van der Waals surface area contributed by atoms with Crippen LogP contribution in [0.25, 0.3) is 33.0 Å². The maximum atomic E-state index is 2.38. The van der Waals surface area contributed by atoms with E-state index in [1.165, 1.54) is 63.7 Å². The van der Waals surface area contributed by atoms with E-state index in [0.29, 0.717) is 0 Å². The highest BCUT2D eigenvalue weighted by Gasteiger charge is 2.28. The summed E-state index contributed by atoms with van der Waals surface area (Å²) in [5.74, 6) is 0. The van der Waals surface area contributed by atoms with E-state index < -0.39 is 0 Å². The minimum absolute atomic E-state index is 0.0969. The lowest BCUT2D eigenvalue weighted by Gasteiger charge is -2.30. The van der Waals surface area contributed by atoms with Gasteiger partial charge in [0.25, 0.3) is 0 Å². The lowest BCUT2D eigenvalue weighted by molar-refractivity contribution is 0.590. The molecule has 0 aliphatic carbocycles. The van der Waals surface area contributed by atoms with Gasteiger partial charge in [0.2, 0.25) is 0 Å². The normalized spacial score (nSPS) is 12.9. The van der Waals surface area contributed by atoms with Gasteiger partial charge in [-0.05, 0) is 129 Å². The molecule has 4 heteroatoms. The number of nitrogens with zero attached hydrogens (tertiary/aromatic N) is 2. The van der Waals surface area contributed by atoms with Crippen LogP contribution in [-0.4, -0.2) is 0 Å². The second kappa shape index (κ2) is 14.0. The van der Waals surface area contributed by atoms with Crippen molar-refractivity contribution < 1.29 is 0 Å². The molecular weight excluding hydrogens is 741 g/mol. The van der Waals surface area contributed by atoms with Crippen LogP contribution in [0.2, 0.25) is 0 Å². The van der Waals surface area contributed by atoms with Crippen molar-refractivity contribution in [1.82, 2.24) is 0 Å². The monoisotopic (exact) mass is 786 g/mol. The third-order valence-electron chi connectivity index (χ3n) is 11.6. The molecule has 0 unspecified atom stereocenters. The van der Waals surface area contributed by atoms with E-state index in [0.717, 1.165) is 34.1 Å². The molecule has 0 atom stereocenters. The predicted molar refractivity (Wildman–Crippen MR) is 250 cm³/mol. The molecule has 0 spiro atoms. The Morgan fingerprint density at radius 3 is 1.00 bits per heavy atom. The fourth-order valence-electron chi connectivity index (χ4n) is 8.47. The maximum absolute atomic E-state index is 2.38. The number of hydrogen-bond acceptors (Lipinski definition) is 4. The fraction of sp³-hybridized carbons (Fsp3) is 0.148. The number of para-hydroxylation sites is 2. The average Bonchev–Trinajstić information content (AvgIpc) is 3.23. The molecule has 284 valence electrons. The van der Waals surface area contributed by atoms with Gasteiger partial charge in [-0.3, -0.25) is 0 Å². The molecule has 0 bridgehead atoms. The van der Waals surface area contributed by atoms with Crippen molar-refractivity contribution in [2.24, 2.45) is 0 Å². The fourth-order valence-corrected chi connectivity index (χ4v) is 10.8. The lowest BCUT2D eigenvalue weighted by atomic mass is 9.87. The van der Waals surface area contributed by atoms with Crippen molar-refractivity contribution >= 4 is 68.4 Å². The third kappa shape index (κ3) is 6.40. The first-order valence-corrected chi connectivity index (χ1v) is 21.8. The van der Waals surface area contributed by atoms with Crippen molar-refractivity contribution in [2.75, 3.05) is 9.80 Å². The van der Waals surface area contributed by atoms with Crippen LogP contribution in [0, 0.1) is 0 Å².